The molecule has 0 atom stereocenters. The highest BCUT2D eigenvalue weighted by Crippen LogP contribution is 2.31. The Morgan fingerprint density at radius 1 is 1.06 bits per heavy atom. The summed E-state index contributed by atoms with van der Waals surface area (Å²) in [4.78, 5) is 16.7. The number of sulfonamides is 1. The monoisotopic (exact) mass is 483 g/mol. The van der Waals surface area contributed by atoms with Crippen LogP contribution in [-0.2, 0) is 34.0 Å². The maximum atomic E-state index is 12.7. The van der Waals surface area contributed by atoms with Gasteiger partial charge in [0.05, 0.1) is 22.6 Å². The zero-order valence-electron chi connectivity index (χ0n) is 17.2. The third-order valence-corrected chi connectivity index (χ3v) is 7.31. The largest absolute Gasteiger partial charge is 0.416 e. The van der Waals surface area contributed by atoms with Gasteiger partial charge >= 0.3 is 6.18 Å². The number of hydrogen-bond acceptors (Lipinski definition) is 5. The number of nitrogens with zero attached hydrogens (tertiary/aromatic N) is 2. The molecule has 1 heterocycles. The van der Waals surface area contributed by atoms with Crippen molar-refractivity contribution >= 4 is 27.3 Å². The van der Waals surface area contributed by atoms with Gasteiger partial charge in [-0.15, -0.1) is 11.3 Å². The number of thiazole rings is 1. The minimum atomic E-state index is -4.40. The molecule has 0 aliphatic carbocycles. The molecule has 11 heteroatoms. The van der Waals surface area contributed by atoms with Crippen LogP contribution in [-0.4, -0.2) is 37.7 Å². The summed E-state index contributed by atoms with van der Waals surface area (Å²) in [6.07, 6.45) is -4.38. The molecule has 1 amide bonds. The van der Waals surface area contributed by atoms with Gasteiger partial charge < -0.3 is 5.32 Å². The van der Waals surface area contributed by atoms with Crippen molar-refractivity contribution in [1.82, 2.24) is 14.6 Å². The van der Waals surface area contributed by atoms with Crippen molar-refractivity contribution in [1.29, 1.82) is 0 Å². The topological polar surface area (TPSA) is 79.4 Å². The lowest BCUT2D eigenvalue weighted by Crippen LogP contribution is -2.25. The second-order valence-corrected chi connectivity index (χ2v) is 10.1. The molecule has 1 N–H and O–H groups in total. The number of halogens is 3. The lowest BCUT2D eigenvalue weighted by atomic mass is 10.1. The maximum Gasteiger partial charge on any atom is 0.416 e. The Morgan fingerprint density at radius 2 is 1.69 bits per heavy atom. The molecule has 32 heavy (non-hydrogen) atoms. The van der Waals surface area contributed by atoms with Gasteiger partial charge in [0, 0.05) is 31.6 Å². The summed E-state index contributed by atoms with van der Waals surface area (Å²) in [5, 5.41) is 4.96. The minimum absolute atomic E-state index is 0.0181. The number of hydrogen-bond donors (Lipinski definition) is 1. The fraction of sp³-hybridized carbons (Fsp3) is 0.238. The van der Waals surface area contributed by atoms with Crippen LogP contribution in [0.25, 0.3) is 10.6 Å². The average molecular weight is 484 g/mol. The number of aromatic nitrogens is 1. The Bertz CT molecular complexity index is 1190. The van der Waals surface area contributed by atoms with E-state index in [4.69, 9.17) is 0 Å². The highest BCUT2D eigenvalue weighted by atomic mass is 32.2. The van der Waals surface area contributed by atoms with Crippen LogP contribution < -0.4 is 5.32 Å². The zero-order chi connectivity index (χ0) is 23.5. The van der Waals surface area contributed by atoms with Crippen LogP contribution in [0.5, 0.6) is 0 Å². The van der Waals surface area contributed by atoms with Gasteiger partial charge in [0.15, 0.2) is 0 Å². The summed E-state index contributed by atoms with van der Waals surface area (Å²) in [6, 6.07) is 10.9. The Labute approximate surface area is 187 Å². The standard InChI is InChI=1S/C21H20F3N3O3S2/c1-27(2)32(29,30)18-9-3-14(4-10-18)12-25-19(28)11-17-13-31-20(26-17)15-5-7-16(8-6-15)21(22,23)24/h3-10,13H,11-12H2,1-2H3,(H,25,28). The first kappa shape index (κ1) is 23.9. The average Bonchev–Trinajstić information content (AvgIpc) is 3.20. The van der Waals surface area contributed by atoms with Crippen LogP contribution in [0.2, 0.25) is 0 Å². The van der Waals surface area contributed by atoms with E-state index in [9.17, 15) is 26.4 Å². The Morgan fingerprint density at radius 3 is 2.25 bits per heavy atom. The smallest absolute Gasteiger partial charge is 0.352 e. The van der Waals surface area contributed by atoms with E-state index in [2.05, 4.69) is 10.3 Å². The summed E-state index contributed by atoms with van der Waals surface area (Å²) in [5.41, 5.74) is 1.06. The highest BCUT2D eigenvalue weighted by molar-refractivity contribution is 7.89. The SMILES string of the molecule is CN(C)S(=O)(=O)c1ccc(CNC(=O)Cc2csc(-c3ccc(C(F)(F)F)cc3)n2)cc1. The fourth-order valence-corrected chi connectivity index (χ4v) is 4.47. The minimum Gasteiger partial charge on any atom is -0.352 e. The number of nitrogens with one attached hydrogen (secondary N) is 1. The molecule has 0 fully saturated rings. The molecule has 2 aromatic carbocycles. The lowest BCUT2D eigenvalue weighted by Gasteiger charge is -2.11. The van der Waals surface area contributed by atoms with Crippen molar-refractivity contribution in [3.8, 4) is 10.6 Å². The van der Waals surface area contributed by atoms with Crippen LogP contribution in [0.15, 0.2) is 58.8 Å². The Hall–Kier alpha value is -2.76. The van der Waals surface area contributed by atoms with Crippen LogP contribution in [0.1, 0.15) is 16.8 Å². The summed E-state index contributed by atoms with van der Waals surface area (Å²) >= 11 is 1.25. The summed E-state index contributed by atoms with van der Waals surface area (Å²) in [6.45, 7) is 0.219. The maximum absolute atomic E-state index is 12.7. The van der Waals surface area contributed by atoms with Crippen molar-refractivity contribution in [2.75, 3.05) is 14.1 Å². The van der Waals surface area contributed by atoms with Gasteiger partial charge in [0.1, 0.15) is 5.01 Å². The van der Waals surface area contributed by atoms with Crippen molar-refractivity contribution in [2.24, 2.45) is 0 Å². The molecule has 0 unspecified atom stereocenters. The quantitative estimate of drug-likeness (QED) is 0.552. The molecular weight excluding hydrogens is 463 g/mol. The number of rotatable bonds is 7. The van der Waals surface area contributed by atoms with E-state index < -0.39 is 21.8 Å². The molecule has 0 saturated heterocycles. The third-order valence-electron chi connectivity index (χ3n) is 4.54. The number of benzene rings is 2. The molecule has 0 radical (unpaired) electrons. The first-order chi connectivity index (χ1) is 15.0. The molecule has 1 aromatic heterocycles. The number of amides is 1. The first-order valence-electron chi connectivity index (χ1n) is 9.37. The fourth-order valence-electron chi connectivity index (χ4n) is 2.74. The number of carbonyl (C=O) groups excluding carboxylic acids is 1. The van der Waals surface area contributed by atoms with Gasteiger partial charge in [0.25, 0.3) is 0 Å². The van der Waals surface area contributed by atoms with E-state index >= 15 is 0 Å². The lowest BCUT2D eigenvalue weighted by molar-refractivity contribution is -0.137. The number of alkyl halides is 3. The van der Waals surface area contributed by atoms with Crippen LogP contribution in [0, 0.1) is 0 Å². The zero-order valence-corrected chi connectivity index (χ0v) is 18.8. The molecule has 170 valence electrons. The highest BCUT2D eigenvalue weighted by Gasteiger charge is 2.30. The van der Waals surface area contributed by atoms with Crippen molar-refractivity contribution < 1.29 is 26.4 Å². The molecule has 0 aliphatic rings. The Kier molecular flexibility index (Phi) is 7.01. The van der Waals surface area contributed by atoms with Gasteiger partial charge in [-0.1, -0.05) is 24.3 Å². The predicted molar refractivity (Wildman–Crippen MR) is 115 cm³/mol. The second-order valence-electron chi connectivity index (χ2n) is 7.10. The molecule has 3 rings (SSSR count). The van der Waals surface area contributed by atoms with Crippen molar-refractivity contribution in [2.45, 2.75) is 24.0 Å². The van der Waals surface area contributed by atoms with E-state index in [1.165, 1.54) is 49.7 Å². The van der Waals surface area contributed by atoms with E-state index in [1.54, 1.807) is 17.5 Å². The van der Waals surface area contributed by atoms with Crippen LogP contribution in [0.3, 0.4) is 0 Å². The normalized spacial score (nSPS) is 12.2. The summed E-state index contributed by atoms with van der Waals surface area (Å²) < 4.78 is 63.3. The van der Waals surface area contributed by atoms with E-state index in [-0.39, 0.29) is 23.8 Å². The molecular formula is C21H20F3N3O3S2. The van der Waals surface area contributed by atoms with E-state index in [0.29, 0.717) is 16.3 Å². The van der Waals surface area contributed by atoms with Gasteiger partial charge in [-0.2, -0.15) is 13.2 Å². The Balaban J connectivity index is 1.57. The van der Waals surface area contributed by atoms with Crippen molar-refractivity contribution in [3.63, 3.8) is 0 Å². The van der Waals surface area contributed by atoms with E-state index in [0.717, 1.165) is 22.0 Å². The molecule has 0 bridgehead atoms. The second kappa shape index (κ2) is 9.39. The van der Waals surface area contributed by atoms with Gasteiger partial charge in [-0.05, 0) is 29.8 Å². The van der Waals surface area contributed by atoms with Gasteiger partial charge in [-0.3, -0.25) is 4.79 Å². The summed E-state index contributed by atoms with van der Waals surface area (Å²) in [5.74, 6) is -0.278. The number of carbonyl (C=O) groups is 1. The van der Waals surface area contributed by atoms with Crippen LogP contribution >= 0.6 is 11.3 Å². The predicted octanol–water partition coefficient (Wildman–Crippen LogP) is 3.94. The first-order valence-corrected chi connectivity index (χ1v) is 11.7. The van der Waals surface area contributed by atoms with E-state index in [1.807, 2.05) is 0 Å². The molecule has 3 aromatic rings. The van der Waals surface area contributed by atoms with Crippen molar-refractivity contribution in [3.05, 3.63) is 70.7 Å². The molecule has 6 nitrogen and oxygen atoms in total. The van der Waals surface area contributed by atoms with Crippen LogP contribution in [0.4, 0.5) is 13.2 Å². The molecule has 0 spiro atoms. The summed E-state index contributed by atoms with van der Waals surface area (Å²) in [7, 11) is -0.614. The van der Waals surface area contributed by atoms with Gasteiger partial charge in [0.2, 0.25) is 15.9 Å². The molecule has 0 aliphatic heterocycles. The molecule has 0 saturated carbocycles. The van der Waals surface area contributed by atoms with Gasteiger partial charge in [-0.25, -0.2) is 17.7 Å². The third kappa shape index (κ3) is 5.72.